The van der Waals surface area contributed by atoms with E-state index in [2.05, 4.69) is 18.2 Å². The Labute approximate surface area is 157 Å². The molecular weight excluding hydrogens is 332 g/mol. The number of hydrogen-bond donors (Lipinski definition) is 3. The molecule has 26 heavy (non-hydrogen) atoms. The van der Waals surface area contributed by atoms with Crippen molar-refractivity contribution < 1.29 is 24.9 Å². The molecule has 1 rings (SSSR count). The van der Waals surface area contributed by atoms with E-state index in [1.807, 2.05) is 6.08 Å². The number of carbonyl (C=O) groups is 1. The molecule has 1 fully saturated rings. The van der Waals surface area contributed by atoms with Crippen molar-refractivity contribution in [3.63, 3.8) is 0 Å². The third kappa shape index (κ3) is 8.47. The van der Waals surface area contributed by atoms with Gasteiger partial charge < -0.3 is 20.1 Å². The minimum atomic E-state index is -0.758. The van der Waals surface area contributed by atoms with Crippen LogP contribution < -0.4 is 0 Å². The molecule has 0 aromatic carbocycles. The number of hydrogen-bond acceptors (Lipinski definition) is 4. The maximum Gasteiger partial charge on any atom is 0.303 e. The minimum Gasteiger partial charge on any atom is -0.481 e. The molecule has 0 aromatic rings. The summed E-state index contributed by atoms with van der Waals surface area (Å²) in [5, 5.41) is 28.1. The van der Waals surface area contributed by atoms with E-state index in [4.69, 9.17) is 14.9 Å². The number of rotatable bonds is 14. The second-order valence-corrected chi connectivity index (χ2v) is 7.34. The lowest BCUT2D eigenvalue weighted by atomic mass is 9.79. The molecule has 0 bridgehead atoms. The van der Waals surface area contributed by atoms with Crippen LogP contribution in [-0.4, -0.2) is 47.2 Å². The number of methoxy groups -OCH3 is 1. The van der Waals surface area contributed by atoms with E-state index in [0.717, 1.165) is 51.4 Å². The van der Waals surface area contributed by atoms with Crippen molar-refractivity contribution in [2.24, 2.45) is 5.41 Å². The fraction of sp³-hybridized carbons (Fsp3) is 0.762. The first kappa shape index (κ1) is 22.9. The molecule has 0 aromatic heterocycles. The van der Waals surface area contributed by atoms with Crippen LogP contribution in [-0.2, 0) is 9.53 Å². The number of allylic oxidation sites excluding steroid dienone is 3. The number of carboxylic acids is 1. The van der Waals surface area contributed by atoms with Gasteiger partial charge in [-0.2, -0.15) is 0 Å². The van der Waals surface area contributed by atoms with Gasteiger partial charge in [0, 0.05) is 32.0 Å². The average Bonchev–Trinajstić information content (AvgIpc) is 2.93. The van der Waals surface area contributed by atoms with Crippen molar-refractivity contribution in [2.75, 3.05) is 13.7 Å². The Bertz CT molecular complexity index is 446. The second kappa shape index (κ2) is 13.1. The summed E-state index contributed by atoms with van der Waals surface area (Å²) in [7, 11) is 1.69. The molecule has 1 saturated carbocycles. The molecule has 3 N–H and O–H groups in total. The van der Waals surface area contributed by atoms with Crippen LogP contribution in [0.25, 0.3) is 0 Å². The summed E-state index contributed by atoms with van der Waals surface area (Å²) in [5.41, 5.74) is -0.283. The predicted octanol–water partition coefficient (Wildman–Crippen LogP) is 3.84. The summed E-state index contributed by atoms with van der Waals surface area (Å²) in [6, 6.07) is 0. The van der Waals surface area contributed by atoms with E-state index >= 15 is 0 Å². The molecule has 0 heterocycles. The SMILES string of the molecule is CO[C@@H]1C[C@H](O)[C@](/C=C/CCCCCCO)(C/C=C\CCCC(=O)O)C1. The minimum absolute atomic E-state index is 0.0830. The van der Waals surface area contributed by atoms with Crippen molar-refractivity contribution in [3.8, 4) is 0 Å². The summed E-state index contributed by atoms with van der Waals surface area (Å²) >= 11 is 0. The van der Waals surface area contributed by atoms with Gasteiger partial charge in [-0.15, -0.1) is 0 Å². The van der Waals surface area contributed by atoms with Crippen molar-refractivity contribution in [1.82, 2.24) is 0 Å². The highest BCUT2D eigenvalue weighted by molar-refractivity contribution is 5.66. The van der Waals surface area contributed by atoms with Gasteiger partial charge in [0.05, 0.1) is 12.2 Å². The highest BCUT2D eigenvalue weighted by Crippen LogP contribution is 2.44. The first-order chi connectivity index (χ1) is 12.5. The first-order valence-corrected chi connectivity index (χ1v) is 9.90. The van der Waals surface area contributed by atoms with E-state index in [1.54, 1.807) is 7.11 Å². The van der Waals surface area contributed by atoms with Crippen LogP contribution in [0.2, 0.25) is 0 Å². The van der Waals surface area contributed by atoms with E-state index in [-0.39, 0.29) is 24.5 Å². The number of aliphatic carboxylic acids is 1. The number of unbranched alkanes of at least 4 members (excludes halogenated alkanes) is 5. The monoisotopic (exact) mass is 368 g/mol. The Hall–Kier alpha value is -1.17. The number of aliphatic hydroxyl groups is 2. The molecule has 0 radical (unpaired) electrons. The predicted molar refractivity (Wildman–Crippen MR) is 103 cm³/mol. The van der Waals surface area contributed by atoms with Gasteiger partial charge in [-0.3, -0.25) is 4.79 Å². The van der Waals surface area contributed by atoms with Gasteiger partial charge in [-0.25, -0.2) is 0 Å². The Kier molecular flexibility index (Phi) is 11.5. The molecule has 5 heteroatoms. The van der Waals surface area contributed by atoms with Gasteiger partial charge in [0.15, 0.2) is 0 Å². The smallest absolute Gasteiger partial charge is 0.303 e. The molecule has 0 unspecified atom stereocenters. The highest BCUT2D eigenvalue weighted by Gasteiger charge is 2.44. The summed E-state index contributed by atoms with van der Waals surface area (Å²) in [6.45, 7) is 0.266. The summed E-state index contributed by atoms with van der Waals surface area (Å²) < 4.78 is 5.47. The second-order valence-electron chi connectivity index (χ2n) is 7.34. The molecule has 0 aliphatic heterocycles. The molecule has 3 atom stereocenters. The topological polar surface area (TPSA) is 87.0 Å². The largest absolute Gasteiger partial charge is 0.481 e. The van der Waals surface area contributed by atoms with E-state index in [9.17, 15) is 9.90 Å². The zero-order valence-electron chi connectivity index (χ0n) is 16.1. The van der Waals surface area contributed by atoms with Crippen LogP contribution in [0.1, 0.15) is 70.6 Å². The Morgan fingerprint density at radius 1 is 1.12 bits per heavy atom. The summed E-state index contributed by atoms with van der Waals surface area (Å²) in [5.74, 6) is -0.758. The third-order valence-electron chi connectivity index (χ3n) is 5.25. The maximum atomic E-state index is 10.6. The van der Waals surface area contributed by atoms with Crippen molar-refractivity contribution >= 4 is 5.97 Å². The van der Waals surface area contributed by atoms with E-state index in [0.29, 0.717) is 12.8 Å². The molecular formula is C21H36O5. The van der Waals surface area contributed by atoms with Crippen LogP contribution >= 0.6 is 0 Å². The quantitative estimate of drug-likeness (QED) is 0.320. The van der Waals surface area contributed by atoms with Crippen molar-refractivity contribution in [3.05, 3.63) is 24.3 Å². The molecule has 1 aliphatic carbocycles. The van der Waals surface area contributed by atoms with Crippen molar-refractivity contribution in [2.45, 2.75) is 82.8 Å². The highest BCUT2D eigenvalue weighted by atomic mass is 16.5. The van der Waals surface area contributed by atoms with Gasteiger partial charge in [0.1, 0.15) is 0 Å². The Morgan fingerprint density at radius 2 is 1.85 bits per heavy atom. The number of aliphatic hydroxyl groups excluding tert-OH is 2. The summed E-state index contributed by atoms with van der Waals surface area (Å²) in [6.07, 6.45) is 17.1. The lowest BCUT2D eigenvalue weighted by molar-refractivity contribution is -0.137. The fourth-order valence-corrected chi connectivity index (χ4v) is 3.61. The van der Waals surface area contributed by atoms with Gasteiger partial charge in [0.25, 0.3) is 0 Å². The Morgan fingerprint density at radius 3 is 2.50 bits per heavy atom. The molecule has 0 saturated heterocycles. The summed E-state index contributed by atoms with van der Waals surface area (Å²) in [4.78, 5) is 10.5. The molecule has 5 nitrogen and oxygen atoms in total. The van der Waals surface area contributed by atoms with Gasteiger partial charge in [-0.05, 0) is 44.9 Å². The first-order valence-electron chi connectivity index (χ1n) is 9.90. The molecule has 0 spiro atoms. The third-order valence-corrected chi connectivity index (χ3v) is 5.25. The zero-order chi connectivity index (χ0) is 19.3. The fourth-order valence-electron chi connectivity index (χ4n) is 3.61. The molecule has 1 aliphatic rings. The van der Waals surface area contributed by atoms with Gasteiger partial charge in [0.2, 0.25) is 0 Å². The Balaban J connectivity index is 2.52. The van der Waals surface area contributed by atoms with Crippen molar-refractivity contribution in [1.29, 1.82) is 0 Å². The average molecular weight is 369 g/mol. The van der Waals surface area contributed by atoms with Crippen LogP contribution in [0.4, 0.5) is 0 Å². The molecule has 0 amide bonds. The maximum absolute atomic E-state index is 10.6. The van der Waals surface area contributed by atoms with Crippen LogP contribution in [0, 0.1) is 5.41 Å². The molecule has 150 valence electrons. The number of ether oxygens (including phenoxy) is 1. The van der Waals surface area contributed by atoms with Crippen LogP contribution in [0.5, 0.6) is 0 Å². The van der Waals surface area contributed by atoms with Gasteiger partial charge >= 0.3 is 5.97 Å². The van der Waals surface area contributed by atoms with E-state index < -0.39 is 12.1 Å². The van der Waals surface area contributed by atoms with Crippen LogP contribution in [0.15, 0.2) is 24.3 Å². The lowest BCUT2D eigenvalue weighted by Crippen LogP contribution is -2.27. The normalized spacial score (nSPS) is 26.3. The van der Waals surface area contributed by atoms with Crippen LogP contribution in [0.3, 0.4) is 0 Å². The zero-order valence-corrected chi connectivity index (χ0v) is 16.1. The van der Waals surface area contributed by atoms with E-state index in [1.165, 1.54) is 0 Å². The standard InChI is InChI=1S/C21H36O5/c1-26-18-16-19(23)21(17-18,13-9-5-2-3-7-11-15-22)14-10-6-4-8-12-20(24)25/h6,9-10,13,18-19,22-23H,2-5,7-8,11-12,14-17H2,1H3,(H,24,25)/b10-6-,13-9+/t18-,19+,21-/m1/s1. The lowest BCUT2D eigenvalue weighted by Gasteiger charge is -2.28. The number of carboxylic acid groups (broad SMARTS) is 1. The van der Waals surface area contributed by atoms with Gasteiger partial charge in [-0.1, -0.05) is 37.1 Å².